The largest absolute Gasteiger partial charge is 0.340 e. The molecule has 3 rings (SSSR count). The lowest BCUT2D eigenvalue weighted by molar-refractivity contribution is -0.129. The van der Waals surface area contributed by atoms with Crippen molar-refractivity contribution in [2.75, 3.05) is 7.05 Å². The van der Waals surface area contributed by atoms with Gasteiger partial charge in [0.05, 0.1) is 22.4 Å². The number of halogens is 1. The maximum Gasteiger partial charge on any atom is 0.228 e. The summed E-state index contributed by atoms with van der Waals surface area (Å²) < 4.78 is 1.08. The van der Waals surface area contributed by atoms with Gasteiger partial charge in [0.25, 0.3) is 0 Å². The molecule has 0 spiro atoms. The number of rotatable bonds is 5. The van der Waals surface area contributed by atoms with Crippen LogP contribution in [0.4, 0.5) is 0 Å². The Kier molecular flexibility index (Phi) is 5.48. The molecule has 2 heterocycles. The van der Waals surface area contributed by atoms with Gasteiger partial charge in [0.15, 0.2) is 0 Å². The zero-order valence-electron chi connectivity index (χ0n) is 13.5. The highest BCUT2D eigenvalue weighted by atomic mass is 79.9. The highest BCUT2D eigenvalue weighted by Crippen LogP contribution is 2.25. The number of thiazole rings is 1. The Labute approximate surface area is 158 Å². The van der Waals surface area contributed by atoms with E-state index in [1.54, 1.807) is 27.6 Å². The van der Waals surface area contributed by atoms with Crippen molar-refractivity contribution in [3.8, 4) is 10.6 Å². The van der Waals surface area contributed by atoms with Crippen molar-refractivity contribution in [3.63, 3.8) is 0 Å². The SMILES string of the molecule is Cc1cccc(-c2nc(CC(=O)N(C)Cc3ccc(Br)s3)cs2)c1. The molecule has 0 atom stereocenters. The molecule has 0 aliphatic rings. The van der Waals surface area contributed by atoms with Crippen LogP contribution in [0.2, 0.25) is 0 Å². The average Bonchev–Trinajstić information content (AvgIpc) is 3.16. The molecular formula is C18H17BrN2OS2. The number of nitrogens with zero attached hydrogens (tertiary/aromatic N) is 2. The van der Waals surface area contributed by atoms with Crippen LogP contribution in [-0.2, 0) is 17.8 Å². The number of thiophene rings is 1. The Hall–Kier alpha value is -1.50. The highest BCUT2D eigenvalue weighted by Gasteiger charge is 2.14. The zero-order valence-corrected chi connectivity index (χ0v) is 16.7. The molecule has 0 aliphatic carbocycles. The van der Waals surface area contributed by atoms with Crippen LogP contribution in [0.25, 0.3) is 10.6 Å². The number of likely N-dealkylation sites (N-methyl/N-ethyl adjacent to an activating group) is 1. The van der Waals surface area contributed by atoms with E-state index in [4.69, 9.17) is 0 Å². The van der Waals surface area contributed by atoms with Crippen molar-refractivity contribution in [1.29, 1.82) is 0 Å². The van der Waals surface area contributed by atoms with E-state index < -0.39 is 0 Å². The quantitative estimate of drug-likeness (QED) is 0.571. The maximum atomic E-state index is 12.4. The van der Waals surface area contributed by atoms with Crippen molar-refractivity contribution in [2.45, 2.75) is 19.9 Å². The third-order valence-electron chi connectivity index (χ3n) is 3.60. The fourth-order valence-electron chi connectivity index (χ4n) is 2.35. The lowest BCUT2D eigenvalue weighted by Gasteiger charge is -2.15. The number of carbonyl (C=O) groups excluding carboxylic acids is 1. The second-order valence-corrected chi connectivity index (χ2v) is 9.05. The molecule has 0 bridgehead atoms. The van der Waals surface area contributed by atoms with Gasteiger partial charge in [-0.2, -0.15) is 0 Å². The molecule has 0 aliphatic heterocycles. The summed E-state index contributed by atoms with van der Waals surface area (Å²) >= 11 is 6.69. The molecular weight excluding hydrogens is 404 g/mol. The Morgan fingerprint density at radius 3 is 2.83 bits per heavy atom. The molecule has 3 nitrogen and oxygen atoms in total. The van der Waals surface area contributed by atoms with E-state index in [-0.39, 0.29) is 5.91 Å². The molecule has 2 aromatic heterocycles. The van der Waals surface area contributed by atoms with Gasteiger partial charge in [-0.25, -0.2) is 4.98 Å². The smallest absolute Gasteiger partial charge is 0.228 e. The van der Waals surface area contributed by atoms with Gasteiger partial charge in [0.1, 0.15) is 5.01 Å². The molecule has 0 radical (unpaired) electrons. The van der Waals surface area contributed by atoms with Crippen LogP contribution in [0.1, 0.15) is 16.1 Å². The molecule has 3 aromatic rings. The highest BCUT2D eigenvalue weighted by molar-refractivity contribution is 9.11. The number of aromatic nitrogens is 1. The van der Waals surface area contributed by atoms with E-state index >= 15 is 0 Å². The topological polar surface area (TPSA) is 33.2 Å². The lowest BCUT2D eigenvalue weighted by Crippen LogP contribution is -2.27. The summed E-state index contributed by atoms with van der Waals surface area (Å²) in [6.07, 6.45) is 0.339. The predicted octanol–water partition coefficient (Wildman–Crippen LogP) is 5.14. The first-order valence-electron chi connectivity index (χ1n) is 7.51. The van der Waals surface area contributed by atoms with E-state index in [2.05, 4.69) is 46.0 Å². The first-order valence-corrected chi connectivity index (χ1v) is 10.00. The normalized spacial score (nSPS) is 10.8. The lowest BCUT2D eigenvalue weighted by atomic mass is 10.1. The van der Waals surface area contributed by atoms with Gasteiger partial charge in [-0.15, -0.1) is 22.7 Å². The van der Waals surface area contributed by atoms with Crippen LogP contribution in [0.3, 0.4) is 0 Å². The van der Waals surface area contributed by atoms with Gasteiger partial charge < -0.3 is 4.90 Å². The minimum atomic E-state index is 0.0839. The van der Waals surface area contributed by atoms with Gasteiger partial charge in [-0.3, -0.25) is 4.79 Å². The van der Waals surface area contributed by atoms with Crippen LogP contribution in [0.5, 0.6) is 0 Å². The minimum Gasteiger partial charge on any atom is -0.340 e. The molecule has 0 unspecified atom stereocenters. The summed E-state index contributed by atoms with van der Waals surface area (Å²) in [6, 6.07) is 12.3. The average molecular weight is 421 g/mol. The third kappa shape index (κ3) is 4.32. The summed E-state index contributed by atoms with van der Waals surface area (Å²) in [6.45, 7) is 2.70. The van der Waals surface area contributed by atoms with E-state index in [0.29, 0.717) is 13.0 Å². The molecule has 0 fully saturated rings. The third-order valence-corrected chi connectivity index (χ3v) is 6.15. The van der Waals surface area contributed by atoms with Crippen molar-refractivity contribution >= 4 is 44.5 Å². The summed E-state index contributed by atoms with van der Waals surface area (Å²) in [7, 11) is 1.84. The molecule has 0 saturated carbocycles. The molecule has 1 aromatic carbocycles. The first-order chi connectivity index (χ1) is 11.5. The minimum absolute atomic E-state index is 0.0839. The van der Waals surface area contributed by atoms with Crippen molar-refractivity contribution in [2.24, 2.45) is 0 Å². The van der Waals surface area contributed by atoms with Crippen LogP contribution < -0.4 is 0 Å². The monoisotopic (exact) mass is 420 g/mol. The maximum absolute atomic E-state index is 12.4. The standard InChI is InChI=1S/C18H17BrN2OS2/c1-12-4-3-5-13(8-12)18-20-14(11-23-18)9-17(22)21(2)10-15-6-7-16(19)24-15/h3-8,11H,9-10H2,1-2H3. The first kappa shape index (κ1) is 17.3. The molecule has 1 amide bonds. The number of benzene rings is 1. The Bertz CT molecular complexity index is 856. The van der Waals surface area contributed by atoms with Crippen molar-refractivity contribution in [1.82, 2.24) is 9.88 Å². The Balaban J connectivity index is 1.64. The molecule has 0 saturated heterocycles. The number of carbonyl (C=O) groups is 1. The second-order valence-electron chi connectivity index (χ2n) is 5.65. The fraction of sp³-hybridized carbons (Fsp3) is 0.222. The van der Waals surface area contributed by atoms with E-state index in [1.165, 1.54) is 5.56 Å². The number of aryl methyl sites for hydroxylation is 1. The predicted molar refractivity (Wildman–Crippen MR) is 104 cm³/mol. The second kappa shape index (κ2) is 7.59. The number of amides is 1. The van der Waals surface area contributed by atoms with Gasteiger partial charge in [-0.1, -0.05) is 23.8 Å². The van der Waals surface area contributed by atoms with Gasteiger partial charge >= 0.3 is 0 Å². The fourth-order valence-corrected chi connectivity index (χ4v) is 4.70. The number of hydrogen-bond acceptors (Lipinski definition) is 4. The van der Waals surface area contributed by atoms with E-state index in [9.17, 15) is 4.79 Å². The molecule has 24 heavy (non-hydrogen) atoms. The van der Waals surface area contributed by atoms with Crippen LogP contribution >= 0.6 is 38.6 Å². The molecule has 0 N–H and O–H groups in total. The summed E-state index contributed by atoms with van der Waals surface area (Å²) in [5.41, 5.74) is 3.15. The van der Waals surface area contributed by atoms with Crippen LogP contribution in [-0.4, -0.2) is 22.8 Å². The van der Waals surface area contributed by atoms with E-state index in [1.807, 2.05) is 30.6 Å². The number of hydrogen-bond donors (Lipinski definition) is 0. The zero-order chi connectivity index (χ0) is 17.1. The van der Waals surface area contributed by atoms with Crippen molar-refractivity contribution < 1.29 is 4.79 Å². The van der Waals surface area contributed by atoms with Crippen LogP contribution in [0.15, 0.2) is 45.6 Å². The summed E-state index contributed by atoms with van der Waals surface area (Å²) in [5, 5.41) is 2.94. The van der Waals surface area contributed by atoms with Gasteiger partial charge in [-0.05, 0) is 41.1 Å². The Morgan fingerprint density at radius 2 is 2.12 bits per heavy atom. The van der Waals surface area contributed by atoms with E-state index in [0.717, 1.165) is 24.9 Å². The molecule has 124 valence electrons. The van der Waals surface area contributed by atoms with Gasteiger partial charge in [0.2, 0.25) is 5.91 Å². The van der Waals surface area contributed by atoms with Gasteiger partial charge in [0, 0.05) is 22.9 Å². The van der Waals surface area contributed by atoms with Crippen LogP contribution in [0, 0.1) is 6.92 Å². The van der Waals surface area contributed by atoms with Crippen molar-refractivity contribution in [3.05, 3.63) is 61.7 Å². The summed E-state index contributed by atoms with van der Waals surface area (Å²) in [4.78, 5) is 19.9. The summed E-state index contributed by atoms with van der Waals surface area (Å²) in [5.74, 6) is 0.0839. The Morgan fingerprint density at radius 1 is 1.29 bits per heavy atom. The molecule has 6 heteroatoms.